The third-order valence-corrected chi connectivity index (χ3v) is 5.48. The highest BCUT2D eigenvalue weighted by Gasteiger charge is 2.17. The number of amides is 1. The van der Waals surface area contributed by atoms with Crippen molar-refractivity contribution in [3.8, 4) is 5.69 Å². The molecule has 2 aromatic carbocycles. The van der Waals surface area contributed by atoms with Crippen LogP contribution in [0.15, 0.2) is 48.5 Å². The minimum Gasteiger partial charge on any atom is -0.393 e. The Hall–Kier alpha value is -3.10. The van der Waals surface area contributed by atoms with Crippen molar-refractivity contribution in [2.45, 2.75) is 39.0 Å². The molecule has 2 heterocycles. The van der Waals surface area contributed by atoms with Crippen LogP contribution in [0.25, 0.3) is 5.69 Å². The fourth-order valence-electron chi connectivity index (χ4n) is 3.67. The van der Waals surface area contributed by atoms with Gasteiger partial charge in [0.05, 0.1) is 11.8 Å². The van der Waals surface area contributed by atoms with Gasteiger partial charge in [-0.1, -0.05) is 24.3 Å². The summed E-state index contributed by atoms with van der Waals surface area (Å²) in [7, 11) is 0. The first kappa shape index (κ1) is 21.1. The van der Waals surface area contributed by atoms with Gasteiger partial charge in [-0.15, -0.1) is 5.10 Å². The molecule has 3 aromatic rings. The predicted molar refractivity (Wildman–Crippen MR) is 114 cm³/mol. The summed E-state index contributed by atoms with van der Waals surface area (Å²) in [4.78, 5) is 19.1. The number of aryl methyl sites for hydroxylation is 1. The molecule has 1 fully saturated rings. The summed E-state index contributed by atoms with van der Waals surface area (Å²) < 4.78 is 14.7. The Morgan fingerprint density at radius 3 is 2.42 bits per heavy atom. The topological polar surface area (TPSA) is 83.3 Å². The number of aliphatic hydroxyl groups excluding tert-OH is 1. The average molecular weight is 423 g/mol. The number of nitrogens with one attached hydrogen (secondary N) is 1. The van der Waals surface area contributed by atoms with Crippen molar-refractivity contribution in [2.24, 2.45) is 0 Å². The van der Waals surface area contributed by atoms with Gasteiger partial charge >= 0.3 is 0 Å². The third kappa shape index (κ3) is 5.34. The summed E-state index contributed by atoms with van der Waals surface area (Å²) in [6, 6.07) is 14.0. The first-order chi connectivity index (χ1) is 15.0. The Balaban J connectivity index is 1.32. The molecular formula is C23H26FN5O2. The molecule has 0 unspecified atom stereocenters. The van der Waals surface area contributed by atoms with Gasteiger partial charge in [0.25, 0.3) is 5.91 Å². The largest absolute Gasteiger partial charge is 0.393 e. The zero-order valence-corrected chi connectivity index (χ0v) is 17.5. The quantitative estimate of drug-likeness (QED) is 0.637. The summed E-state index contributed by atoms with van der Waals surface area (Å²) in [5.41, 5.74) is 2.84. The zero-order chi connectivity index (χ0) is 21.8. The van der Waals surface area contributed by atoms with Crippen molar-refractivity contribution in [3.05, 3.63) is 77.1 Å². The molecule has 1 saturated heterocycles. The lowest BCUT2D eigenvalue weighted by atomic mass is 10.1. The summed E-state index contributed by atoms with van der Waals surface area (Å²) in [6.45, 7) is 4.81. The second kappa shape index (κ2) is 9.36. The van der Waals surface area contributed by atoms with Crippen molar-refractivity contribution in [2.75, 3.05) is 13.1 Å². The third-order valence-electron chi connectivity index (χ3n) is 5.48. The Labute approximate surface area is 180 Å². The molecule has 31 heavy (non-hydrogen) atoms. The number of hydrogen-bond donors (Lipinski definition) is 2. The molecular weight excluding hydrogens is 397 g/mol. The van der Waals surface area contributed by atoms with Gasteiger partial charge in [0.1, 0.15) is 11.6 Å². The molecule has 4 rings (SSSR count). The highest BCUT2D eigenvalue weighted by molar-refractivity contribution is 5.90. The van der Waals surface area contributed by atoms with Crippen molar-refractivity contribution >= 4 is 5.91 Å². The van der Waals surface area contributed by atoms with Crippen LogP contribution in [-0.4, -0.2) is 49.9 Å². The highest BCUT2D eigenvalue weighted by Crippen LogP contribution is 2.15. The number of carbonyl (C=O) groups is 1. The molecule has 1 amide bonds. The molecule has 1 aliphatic heterocycles. The van der Waals surface area contributed by atoms with Gasteiger partial charge in [0, 0.05) is 26.2 Å². The Kier molecular flexibility index (Phi) is 6.39. The van der Waals surface area contributed by atoms with Crippen LogP contribution in [0.5, 0.6) is 0 Å². The molecule has 0 aliphatic carbocycles. The number of piperidine rings is 1. The number of carbonyl (C=O) groups excluding carboxylic acids is 1. The predicted octanol–water partition coefficient (Wildman–Crippen LogP) is 2.60. The van der Waals surface area contributed by atoms with E-state index in [-0.39, 0.29) is 23.7 Å². The molecule has 1 aromatic heterocycles. The van der Waals surface area contributed by atoms with E-state index in [1.54, 1.807) is 19.1 Å². The molecule has 0 spiro atoms. The smallest absolute Gasteiger partial charge is 0.291 e. The molecule has 0 saturated carbocycles. The highest BCUT2D eigenvalue weighted by atomic mass is 19.1. The molecule has 1 aliphatic rings. The summed E-state index contributed by atoms with van der Waals surface area (Å²) in [6.07, 6.45) is 1.49. The van der Waals surface area contributed by atoms with Crippen molar-refractivity contribution in [1.82, 2.24) is 25.0 Å². The van der Waals surface area contributed by atoms with Crippen LogP contribution in [0.2, 0.25) is 0 Å². The number of rotatable bonds is 6. The van der Waals surface area contributed by atoms with E-state index in [0.29, 0.717) is 18.1 Å². The van der Waals surface area contributed by atoms with Crippen molar-refractivity contribution in [3.63, 3.8) is 0 Å². The van der Waals surface area contributed by atoms with Crippen LogP contribution in [0, 0.1) is 12.7 Å². The maximum absolute atomic E-state index is 13.1. The second-order valence-electron chi connectivity index (χ2n) is 7.88. The zero-order valence-electron chi connectivity index (χ0n) is 17.5. The van der Waals surface area contributed by atoms with Gasteiger partial charge < -0.3 is 10.4 Å². The molecule has 0 atom stereocenters. The molecule has 7 nitrogen and oxygen atoms in total. The van der Waals surface area contributed by atoms with Crippen LogP contribution in [0.3, 0.4) is 0 Å². The standard InChI is InChI=1S/C23H26FN5O2/c1-16-26-22(27-29(16)20-8-6-19(24)7-9-20)23(31)25-14-17-2-4-18(5-3-17)15-28-12-10-21(30)11-13-28/h2-9,21,30H,10-15H2,1H3,(H,25,31). The molecule has 8 heteroatoms. The number of halogens is 1. The SMILES string of the molecule is Cc1nc(C(=O)NCc2ccc(CN3CCC(O)CC3)cc2)nn1-c1ccc(F)cc1. The Morgan fingerprint density at radius 1 is 1.10 bits per heavy atom. The van der Waals surface area contributed by atoms with E-state index in [1.807, 2.05) is 12.1 Å². The van der Waals surface area contributed by atoms with E-state index >= 15 is 0 Å². The lowest BCUT2D eigenvalue weighted by molar-refractivity contribution is 0.0792. The van der Waals surface area contributed by atoms with E-state index in [0.717, 1.165) is 38.0 Å². The minimum atomic E-state index is -0.361. The fraction of sp³-hybridized carbons (Fsp3) is 0.348. The van der Waals surface area contributed by atoms with Gasteiger partial charge in [-0.05, 0) is 55.2 Å². The van der Waals surface area contributed by atoms with E-state index in [1.165, 1.54) is 22.4 Å². The fourth-order valence-corrected chi connectivity index (χ4v) is 3.67. The monoisotopic (exact) mass is 423 g/mol. The minimum absolute atomic E-state index is 0.0748. The summed E-state index contributed by atoms with van der Waals surface area (Å²) in [5, 5.41) is 16.7. The lowest BCUT2D eigenvalue weighted by Gasteiger charge is -2.29. The number of aliphatic hydroxyl groups is 1. The number of hydrogen-bond acceptors (Lipinski definition) is 5. The van der Waals surface area contributed by atoms with Crippen LogP contribution in [-0.2, 0) is 13.1 Å². The van der Waals surface area contributed by atoms with Gasteiger partial charge in [-0.2, -0.15) is 0 Å². The normalized spacial score (nSPS) is 15.2. The Bertz CT molecular complexity index is 1030. The second-order valence-corrected chi connectivity index (χ2v) is 7.88. The van der Waals surface area contributed by atoms with E-state index in [2.05, 4.69) is 32.4 Å². The van der Waals surface area contributed by atoms with Crippen LogP contribution in [0.1, 0.15) is 40.4 Å². The number of nitrogens with zero attached hydrogens (tertiary/aromatic N) is 4. The maximum Gasteiger partial charge on any atom is 0.291 e. The average Bonchev–Trinajstić information content (AvgIpc) is 3.17. The first-order valence-electron chi connectivity index (χ1n) is 10.4. The maximum atomic E-state index is 13.1. The lowest BCUT2D eigenvalue weighted by Crippen LogP contribution is -2.35. The Morgan fingerprint density at radius 2 is 1.74 bits per heavy atom. The van der Waals surface area contributed by atoms with E-state index < -0.39 is 0 Å². The first-order valence-corrected chi connectivity index (χ1v) is 10.4. The van der Waals surface area contributed by atoms with E-state index in [4.69, 9.17) is 0 Å². The molecule has 0 radical (unpaired) electrons. The van der Waals surface area contributed by atoms with E-state index in [9.17, 15) is 14.3 Å². The number of benzene rings is 2. The number of likely N-dealkylation sites (tertiary alicyclic amines) is 1. The van der Waals surface area contributed by atoms with Crippen LogP contribution >= 0.6 is 0 Å². The van der Waals surface area contributed by atoms with Gasteiger partial charge in [-0.3, -0.25) is 9.69 Å². The van der Waals surface area contributed by atoms with Crippen molar-refractivity contribution < 1.29 is 14.3 Å². The molecule has 162 valence electrons. The molecule has 0 bridgehead atoms. The molecule has 2 N–H and O–H groups in total. The van der Waals surface area contributed by atoms with Gasteiger partial charge in [0.2, 0.25) is 5.82 Å². The van der Waals surface area contributed by atoms with Crippen molar-refractivity contribution in [1.29, 1.82) is 0 Å². The van der Waals surface area contributed by atoms with Crippen LogP contribution < -0.4 is 5.32 Å². The van der Waals surface area contributed by atoms with Crippen LogP contribution in [0.4, 0.5) is 4.39 Å². The summed E-state index contributed by atoms with van der Waals surface area (Å²) >= 11 is 0. The summed E-state index contributed by atoms with van der Waals surface area (Å²) in [5.74, 6) is -0.0720. The van der Waals surface area contributed by atoms with Gasteiger partial charge in [-0.25, -0.2) is 14.1 Å². The number of aromatic nitrogens is 3. The van der Waals surface area contributed by atoms with Gasteiger partial charge in [0.15, 0.2) is 0 Å².